The molecule has 7 nitrogen and oxygen atoms in total. The first-order valence-electron chi connectivity index (χ1n) is 9.91. The second-order valence-corrected chi connectivity index (χ2v) is 10.4. The van der Waals surface area contributed by atoms with Crippen molar-refractivity contribution in [1.82, 2.24) is 4.98 Å². The predicted molar refractivity (Wildman–Crippen MR) is 146 cm³/mol. The number of allylic oxidation sites excluding steroid dienone is 4. The number of anilines is 2. The summed E-state index contributed by atoms with van der Waals surface area (Å²) in [6.45, 7) is 14.4. The first-order chi connectivity index (χ1) is 16.1. The van der Waals surface area contributed by atoms with Crippen molar-refractivity contribution in [3.05, 3.63) is 70.8 Å². The average Bonchev–Trinajstić information content (AvgIpc) is 3.16. The summed E-state index contributed by atoms with van der Waals surface area (Å²) in [7, 11) is -2.31. The molecule has 0 amide bonds. The van der Waals surface area contributed by atoms with Crippen LogP contribution in [0.1, 0.15) is 17.5 Å². The van der Waals surface area contributed by atoms with Gasteiger partial charge in [-0.05, 0) is 50.4 Å². The van der Waals surface area contributed by atoms with Gasteiger partial charge in [0.1, 0.15) is 12.9 Å². The van der Waals surface area contributed by atoms with Crippen molar-refractivity contribution in [3.63, 3.8) is 0 Å². The molecular formula is C23H28Cl2N4O3S2. The van der Waals surface area contributed by atoms with Crippen molar-refractivity contribution in [3.8, 4) is 0 Å². The number of thiazole rings is 1. The molecule has 0 bridgehead atoms. The fraction of sp³-hybridized carbons (Fsp3) is 0.261. The Morgan fingerprint density at radius 2 is 1.94 bits per heavy atom. The van der Waals surface area contributed by atoms with Crippen LogP contribution in [0.5, 0.6) is 0 Å². The van der Waals surface area contributed by atoms with Crippen LogP contribution in [0, 0.1) is 6.92 Å². The van der Waals surface area contributed by atoms with Gasteiger partial charge in [-0.3, -0.25) is 0 Å². The summed E-state index contributed by atoms with van der Waals surface area (Å²) in [5.41, 5.74) is 2.44. The maximum atomic E-state index is 12.5. The van der Waals surface area contributed by atoms with Gasteiger partial charge in [0.2, 0.25) is 0 Å². The van der Waals surface area contributed by atoms with E-state index in [-0.39, 0.29) is 10.7 Å². The van der Waals surface area contributed by atoms with E-state index in [1.165, 1.54) is 30.6 Å². The van der Waals surface area contributed by atoms with E-state index in [2.05, 4.69) is 45.2 Å². The first kappa shape index (κ1) is 29.6. The summed E-state index contributed by atoms with van der Waals surface area (Å²) in [6.07, 6.45) is 4.07. The number of nitrogens with one attached hydrogen (secondary N) is 1. The van der Waals surface area contributed by atoms with Crippen LogP contribution in [0.2, 0.25) is 0 Å². The second kappa shape index (κ2) is 14.7. The number of aryl methyl sites for hydroxylation is 1. The molecule has 2 rings (SSSR count). The van der Waals surface area contributed by atoms with Gasteiger partial charge in [-0.25, -0.2) is 18.4 Å². The molecule has 0 unspecified atom stereocenters. The smallest absolute Gasteiger partial charge is 0.187 e. The van der Waals surface area contributed by atoms with Crippen LogP contribution < -0.4 is 5.32 Å². The summed E-state index contributed by atoms with van der Waals surface area (Å²) in [4.78, 5) is 13.9. The lowest BCUT2D eigenvalue weighted by atomic mass is 10.1. The highest BCUT2D eigenvalue weighted by Crippen LogP contribution is 2.29. The number of amidine groups is 1. The molecule has 2 aromatic rings. The summed E-state index contributed by atoms with van der Waals surface area (Å²) in [5, 5.41) is 8.08. The van der Waals surface area contributed by atoms with Crippen LogP contribution in [0.3, 0.4) is 0 Å². The number of nitrogens with zero attached hydrogens (tertiary/aromatic N) is 3. The van der Waals surface area contributed by atoms with Gasteiger partial charge in [-0.15, -0.1) is 29.5 Å². The number of hydrogen-bond donors (Lipinski definition) is 1. The lowest BCUT2D eigenvalue weighted by Gasteiger charge is -2.06. The Morgan fingerprint density at radius 1 is 1.32 bits per heavy atom. The molecule has 0 saturated heterocycles. The minimum absolute atomic E-state index is 0.00917. The molecule has 0 atom stereocenters. The SMILES string of the molecule is C=CCCl.C=N/C(CS(=O)(=O)c1ccc(Nc2nc(C)c(CC(=C)/C(Cl)=C\C)s2)cc1)=N\OC. The highest BCUT2D eigenvalue weighted by atomic mass is 35.5. The molecule has 1 aromatic carbocycles. The number of alkyl halides is 1. The van der Waals surface area contributed by atoms with Crippen molar-refractivity contribution in [2.75, 3.05) is 24.1 Å². The Balaban J connectivity index is 0.00000133. The second-order valence-electron chi connectivity index (χ2n) is 6.64. The molecule has 0 aliphatic heterocycles. The van der Waals surface area contributed by atoms with Gasteiger partial charge in [0, 0.05) is 27.9 Å². The van der Waals surface area contributed by atoms with E-state index in [4.69, 9.17) is 23.2 Å². The average molecular weight is 544 g/mol. The monoisotopic (exact) mass is 542 g/mol. The maximum absolute atomic E-state index is 12.5. The Labute approximate surface area is 215 Å². The fourth-order valence-electron chi connectivity index (χ4n) is 2.46. The number of sulfone groups is 1. The van der Waals surface area contributed by atoms with Gasteiger partial charge < -0.3 is 10.2 Å². The molecule has 1 heterocycles. The highest BCUT2D eigenvalue weighted by Gasteiger charge is 2.18. The van der Waals surface area contributed by atoms with Crippen molar-refractivity contribution < 1.29 is 13.3 Å². The van der Waals surface area contributed by atoms with E-state index in [9.17, 15) is 8.42 Å². The van der Waals surface area contributed by atoms with Gasteiger partial charge in [0.15, 0.2) is 20.8 Å². The number of aliphatic imine (C=N–C) groups is 1. The molecular weight excluding hydrogens is 515 g/mol. The molecule has 0 saturated carbocycles. The number of benzene rings is 1. The van der Waals surface area contributed by atoms with Gasteiger partial charge >= 0.3 is 0 Å². The third-order valence-corrected chi connectivity index (χ3v) is 7.54. The molecule has 0 aliphatic rings. The summed E-state index contributed by atoms with van der Waals surface area (Å²) >= 11 is 12.7. The largest absolute Gasteiger partial charge is 0.398 e. The van der Waals surface area contributed by atoms with E-state index in [1.54, 1.807) is 18.2 Å². The molecule has 1 aromatic heterocycles. The molecule has 34 heavy (non-hydrogen) atoms. The molecule has 0 aliphatic carbocycles. The summed E-state index contributed by atoms with van der Waals surface area (Å²) in [5.74, 6) is 0.148. The predicted octanol–water partition coefficient (Wildman–Crippen LogP) is 6.28. The number of halogens is 2. The minimum Gasteiger partial charge on any atom is -0.398 e. The van der Waals surface area contributed by atoms with Crippen LogP contribution in [0.25, 0.3) is 0 Å². The van der Waals surface area contributed by atoms with Gasteiger partial charge in [-0.2, -0.15) is 0 Å². The lowest BCUT2D eigenvalue weighted by Crippen LogP contribution is -2.15. The van der Waals surface area contributed by atoms with E-state index in [0.29, 0.717) is 28.2 Å². The molecule has 1 N–H and O–H groups in total. The van der Waals surface area contributed by atoms with E-state index in [1.807, 2.05) is 19.9 Å². The minimum atomic E-state index is -3.62. The summed E-state index contributed by atoms with van der Waals surface area (Å²) < 4.78 is 25.0. The van der Waals surface area contributed by atoms with Crippen LogP contribution in [-0.2, 0) is 21.1 Å². The Bertz CT molecular complexity index is 1160. The van der Waals surface area contributed by atoms with Gasteiger partial charge in [0.05, 0.1) is 10.6 Å². The highest BCUT2D eigenvalue weighted by molar-refractivity contribution is 7.92. The zero-order valence-electron chi connectivity index (χ0n) is 19.3. The van der Waals surface area contributed by atoms with Crippen molar-refractivity contribution >= 4 is 67.7 Å². The Hall–Kier alpha value is -2.46. The van der Waals surface area contributed by atoms with E-state index >= 15 is 0 Å². The van der Waals surface area contributed by atoms with Crippen LogP contribution in [-0.4, -0.2) is 44.7 Å². The summed E-state index contributed by atoms with van der Waals surface area (Å²) in [6, 6.07) is 6.38. The maximum Gasteiger partial charge on any atom is 0.187 e. The van der Waals surface area contributed by atoms with Crippen molar-refractivity contribution in [1.29, 1.82) is 0 Å². The zero-order chi connectivity index (χ0) is 25.7. The van der Waals surface area contributed by atoms with Crippen molar-refractivity contribution in [2.45, 2.75) is 25.2 Å². The van der Waals surface area contributed by atoms with Crippen LogP contribution >= 0.6 is 34.5 Å². The van der Waals surface area contributed by atoms with Crippen LogP contribution in [0.15, 0.2) is 75.2 Å². The quantitative estimate of drug-likeness (QED) is 0.0951. The number of hydrogen-bond acceptors (Lipinski definition) is 7. The van der Waals surface area contributed by atoms with Gasteiger partial charge in [0.25, 0.3) is 0 Å². The Kier molecular flexibility index (Phi) is 12.8. The molecule has 0 fully saturated rings. The normalized spacial score (nSPS) is 11.8. The molecule has 0 radical (unpaired) electrons. The van der Waals surface area contributed by atoms with E-state index in [0.717, 1.165) is 16.1 Å². The third-order valence-electron chi connectivity index (χ3n) is 4.13. The van der Waals surface area contributed by atoms with Crippen molar-refractivity contribution in [2.24, 2.45) is 10.1 Å². The topological polar surface area (TPSA) is 93.0 Å². The van der Waals surface area contributed by atoms with Gasteiger partial charge in [-0.1, -0.05) is 35.5 Å². The standard InChI is InChI=1S/C20H23ClN4O3S2.C3H5Cl/c1-6-17(21)13(2)11-18-14(3)23-20(29-18)24-15-7-9-16(10-8-15)30(26,27)12-19(22-4)25-28-5;1-2-3-4/h6-10H,2,4,11-12H2,1,3,5H3,(H,23,24);2H,1,3H2/b17-6+,25-19-;. The fourth-order valence-corrected chi connectivity index (χ4v) is 4.75. The molecule has 0 spiro atoms. The molecule has 184 valence electrons. The number of oxime groups is 1. The first-order valence-corrected chi connectivity index (χ1v) is 13.3. The number of aromatic nitrogens is 1. The number of rotatable bonds is 10. The van der Waals surface area contributed by atoms with E-state index < -0.39 is 15.6 Å². The molecule has 11 heteroatoms. The van der Waals surface area contributed by atoms with Crippen LogP contribution in [0.4, 0.5) is 10.8 Å². The third kappa shape index (κ3) is 9.42. The lowest BCUT2D eigenvalue weighted by molar-refractivity contribution is 0.213. The Morgan fingerprint density at radius 3 is 2.44 bits per heavy atom. The zero-order valence-corrected chi connectivity index (χ0v) is 22.5.